The van der Waals surface area contributed by atoms with Crippen LogP contribution in [0.5, 0.6) is 0 Å². The average molecular weight is 889 g/mol. The van der Waals surface area contributed by atoms with Gasteiger partial charge in [0, 0.05) is 12.8 Å². The summed E-state index contributed by atoms with van der Waals surface area (Å²) in [6.07, 6.45) is 63.1. The highest BCUT2D eigenvalue weighted by Crippen LogP contribution is 2.17. The number of unbranched alkanes of at least 4 members (excludes halogenated alkanes) is 37. The first-order chi connectivity index (χ1) is 31.0. The number of nitrogens with one attached hydrogen (secondary N) is 1. The van der Waals surface area contributed by atoms with Gasteiger partial charge in [0.15, 0.2) is 0 Å². The molecule has 0 radical (unpaired) electrons. The van der Waals surface area contributed by atoms with E-state index in [9.17, 15) is 19.8 Å². The predicted octanol–water partition coefficient (Wildman–Crippen LogP) is 17.1. The van der Waals surface area contributed by atoms with Crippen molar-refractivity contribution < 1.29 is 24.5 Å². The van der Waals surface area contributed by atoms with Gasteiger partial charge in [-0.2, -0.15) is 0 Å². The second kappa shape index (κ2) is 53.0. The van der Waals surface area contributed by atoms with Crippen molar-refractivity contribution in [3.8, 4) is 0 Å². The molecule has 3 N–H and O–H groups in total. The van der Waals surface area contributed by atoms with E-state index in [0.29, 0.717) is 25.9 Å². The van der Waals surface area contributed by atoms with E-state index < -0.39 is 12.1 Å². The summed E-state index contributed by atoms with van der Waals surface area (Å²) in [4.78, 5) is 24.4. The van der Waals surface area contributed by atoms with Gasteiger partial charge in [-0.25, -0.2) is 0 Å². The van der Waals surface area contributed by atoms with Crippen LogP contribution in [-0.2, 0) is 14.3 Å². The van der Waals surface area contributed by atoms with E-state index in [-0.39, 0.29) is 18.5 Å². The van der Waals surface area contributed by atoms with Crippen LogP contribution in [0, 0.1) is 0 Å². The van der Waals surface area contributed by atoms with Gasteiger partial charge in [-0.1, -0.05) is 244 Å². The smallest absolute Gasteiger partial charge is 0.305 e. The number of aliphatic hydroxyl groups excluding tert-OH is 2. The fraction of sp³-hybridized carbons (Fsp3) is 0.895. The van der Waals surface area contributed by atoms with E-state index in [1.54, 1.807) is 0 Å². The lowest BCUT2D eigenvalue weighted by Crippen LogP contribution is -2.45. The molecule has 0 saturated heterocycles. The number of ether oxygens (including phenoxy) is 1. The van der Waals surface area contributed by atoms with Crippen LogP contribution in [0.1, 0.15) is 303 Å². The minimum atomic E-state index is -0.667. The maximum absolute atomic E-state index is 12.4. The van der Waals surface area contributed by atoms with E-state index in [1.165, 1.54) is 225 Å². The molecule has 0 bridgehead atoms. The van der Waals surface area contributed by atoms with Crippen molar-refractivity contribution in [2.24, 2.45) is 0 Å². The van der Waals surface area contributed by atoms with E-state index in [4.69, 9.17) is 4.74 Å². The summed E-state index contributed by atoms with van der Waals surface area (Å²) in [5, 5.41) is 23.2. The van der Waals surface area contributed by atoms with Crippen molar-refractivity contribution in [1.82, 2.24) is 5.32 Å². The number of hydrogen-bond donors (Lipinski definition) is 3. The fourth-order valence-corrected chi connectivity index (χ4v) is 8.62. The molecule has 2 atom stereocenters. The Balaban J connectivity index is 3.42. The Labute approximate surface area is 392 Å². The molecular weight excluding hydrogens is 779 g/mol. The zero-order valence-corrected chi connectivity index (χ0v) is 42.3. The second-order valence-corrected chi connectivity index (χ2v) is 19.3. The van der Waals surface area contributed by atoms with Gasteiger partial charge < -0.3 is 20.3 Å². The molecule has 0 aromatic heterocycles. The minimum Gasteiger partial charge on any atom is -0.466 e. The summed E-state index contributed by atoms with van der Waals surface area (Å²) in [5.74, 6) is -0.0430. The zero-order valence-electron chi connectivity index (χ0n) is 42.3. The third-order valence-corrected chi connectivity index (χ3v) is 13.0. The number of carbonyl (C=O) groups is 2. The number of amides is 1. The molecule has 6 nitrogen and oxygen atoms in total. The van der Waals surface area contributed by atoms with E-state index >= 15 is 0 Å². The molecule has 1 amide bonds. The Morgan fingerprint density at radius 3 is 1.17 bits per heavy atom. The Morgan fingerprint density at radius 1 is 0.429 bits per heavy atom. The molecule has 0 aliphatic rings. The van der Waals surface area contributed by atoms with Crippen LogP contribution in [0.3, 0.4) is 0 Å². The summed E-state index contributed by atoms with van der Waals surface area (Å²) >= 11 is 0. The maximum Gasteiger partial charge on any atom is 0.305 e. The van der Waals surface area contributed by atoms with Gasteiger partial charge in [0.1, 0.15) is 0 Å². The van der Waals surface area contributed by atoms with Gasteiger partial charge in [-0.15, -0.1) is 0 Å². The standard InChI is InChI=1S/C57H109NO5/c1-3-5-7-9-11-13-15-26-30-33-37-41-45-49-55(60)54(53-59)58-56(61)50-46-42-38-34-31-27-24-22-20-18-16-17-19-21-23-25-28-32-36-40-44-48-52-63-57(62)51-47-43-39-35-29-14-12-10-8-6-4-2/h10,12,18,20,54-55,59-60H,3-9,11,13-17,19,21-53H2,1-2H3,(H,58,61)/b12-10-,20-18-. The molecule has 0 fully saturated rings. The summed E-state index contributed by atoms with van der Waals surface area (Å²) in [5.41, 5.74) is 0. The molecule has 372 valence electrons. The van der Waals surface area contributed by atoms with Crippen LogP contribution in [0.25, 0.3) is 0 Å². The molecule has 0 aliphatic heterocycles. The van der Waals surface area contributed by atoms with Crippen LogP contribution in [0.15, 0.2) is 24.3 Å². The lowest BCUT2D eigenvalue weighted by molar-refractivity contribution is -0.143. The van der Waals surface area contributed by atoms with Crippen molar-refractivity contribution in [3.63, 3.8) is 0 Å². The van der Waals surface area contributed by atoms with Crippen LogP contribution >= 0.6 is 0 Å². The molecule has 0 saturated carbocycles. The number of rotatable bonds is 52. The van der Waals surface area contributed by atoms with Gasteiger partial charge in [-0.3, -0.25) is 9.59 Å². The molecule has 0 heterocycles. The van der Waals surface area contributed by atoms with Crippen molar-refractivity contribution in [3.05, 3.63) is 24.3 Å². The third-order valence-electron chi connectivity index (χ3n) is 13.0. The highest BCUT2D eigenvalue weighted by atomic mass is 16.5. The molecule has 6 heteroatoms. The first-order valence-electron chi connectivity index (χ1n) is 28.1. The molecule has 0 aliphatic carbocycles. The van der Waals surface area contributed by atoms with Crippen molar-refractivity contribution in [2.75, 3.05) is 13.2 Å². The Bertz CT molecular complexity index is 982. The molecule has 63 heavy (non-hydrogen) atoms. The van der Waals surface area contributed by atoms with Crippen molar-refractivity contribution >= 4 is 11.9 Å². The van der Waals surface area contributed by atoms with Gasteiger partial charge >= 0.3 is 5.97 Å². The summed E-state index contributed by atoms with van der Waals surface area (Å²) in [6.45, 7) is 4.91. The lowest BCUT2D eigenvalue weighted by Gasteiger charge is -2.22. The monoisotopic (exact) mass is 888 g/mol. The third kappa shape index (κ3) is 49.6. The van der Waals surface area contributed by atoms with Gasteiger partial charge in [0.2, 0.25) is 5.91 Å². The lowest BCUT2D eigenvalue weighted by atomic mass is 10.0. The normalized spacial score (nSPS) is 12.8. The van der Waals surface area contributed by atoms with Gasteiger partial charge in [-0.05, 0) is 70.6 Å². The van der Waals surface area contributed by atoms with Crippen molar-refractivity contribution in [1.29, 1.82) is 0 Å². The number of esters is 1. The maximum atomic E-state index is 12.4. The van der Waals surface area contributed by atoms with E-state index in [1.807, 2.05) is 0 Å². The first kappa shape index (κ1) is 61.3. The largest absolute Gasteiger partial charge is 0.466 e. The Hall–Kier alpha value is -1.66. The zero-order chi connectivity index (χ0) is 45.8. The van der Waals surface area contributed by atoms with E-state index in [2.05, 4.69) is 43.5 Å². The molecule has 0 spiro atoms. The van der Waals surface area contributed by atoms with Crippen molar-refractivity contribution in [2.45, 2.75) is 315 Å². The van der Waals surface area contributed by atoms with Crippen LogP contribution in [0.2, 0.25) is 0 Å². The van der Waals surface area contributed by atoms with Gasteiger partial charge in [0.05, 0.1) is 25.4 Å². The Kier molecular flexibility index (Phi) is 51.6. The number of carbonyl (C=O) groups excluding carboxylic acids is 2. The summed E-state index contributed by atoms with van der Waals surface area (Å²) in [7, 11) is 0. The van der Waals surface area contributed by atoms with Crippen LogP contribution in [0.4, 0.5) is 0 Å². The highest BCUT2D eigenvalue weighted by molar-refractivity contribution is 5.76. The minimum absolute atomic E-state index is 0.00125. The molecule has 0 aromatic rings. The number of allylic oxidation sites excluding steroid dienone is 4. The average Bonchev–Trinajstić information content (AvgIpc) is 3.28. The van der Waals surface area contributed by atoms with E-state index in [0.717, 1.165) is 44.9 Å². The van der Waals surface area contributed by atoms with Crippen LogP contribution < -0.4 is 5.32 Å². The topological polar surface area (TPSA) is 95.9 Å². The molecule has 0 aromatic carbocycles. The molecule has 2 unspecified atom stereocenters. The quantitative estimate of drug-likeness (QED) is 0.0321. The molecular formula is C57H109NO5. The number of aliphatic hydroxyl groups is 2. The fourth-order valence-electron chi connectivity index (χ4n) is 8.62. The number of hydrogen-bond acceptors (Lipinski definition) is 5. The summed E-state index contributed by atoms with van der Waals surface area (Å²) < 4.78 is 5.45. The SMILES string of the molecule is CCCC/C=C\CCCCCCCC(=O)OCCCCCCCCCCCCC/C=C\CCCCCCCCCC(=O)NC(CO)C(O)CCCCCCCCCCCCCCC. The second-order valence-electron chi connectivity index (χ2n) is 19.3. The highest BCUT2D eigenvalue weighted by Gasteiger charge is 2.20. The predicted molar refractivity (Wildman–Crippen MR) is 273 cm³/mol. The molecule has 0 rings (SSSR count). The summed E-state index contributed by atoms with van der Waals surface area (Å²) in [6, 6.07) is -0.545. The van der Waals surface area contributed by atoms with Crippen LogP contribution in [-0.4, -0.2) is 47.4 Å². The van der Waals surface area contributed by atoms with Gasteiger partial charge in [0.25, 0.3) is 0 Å². The first-order valence-corrected chi connectivity index (χ1v) is 28.1. The Morgan fingerprint density at radius 2 is 0.762 bits per heavy atom.